The van der Waals surface area contributed by atoms with E-state index in [1.165, 1.54) is 0 Å². The van der Waals surface area contributed by atoms with Gasteiger partial charge in [0.2, 0.25) is 0 Å². The summed E-state index contributed by atoms with van der Waals surface area (Å²) < 4.78 is 6.75. The molecule has 0 amide bonds. The molecule has 0 aliphatic heterocycles. The molecule has 1 aromatic heterocycles. The first-order valence-corrected chi connectivity index (χ1v) is 6.07. The number of hydrogen-bond acceptors (Lipinski definition) is 3. The molecule has 0 fully saturated rings. The number of nitrogens with zero attached hydrogens (tertiary/aromatic N) is 1. The van der Waals surface area contributed by atoms with Gasteiger partial charge in [0.25, 0.3) is 0 Å². The van der Waals surface area contributed by atoms with E-state index in [2.05, 4.69) is 20.9 Å². The van der Waals surface area contributed by atoms with Crippen molar-refractivity contribution in [3.63, 3.8) is 0 Å². The molecule has 0 radical (unpaired) electrons. The maximum absolute atomic E-state index is 5.76. The number of benzene rings is 1. The largest absolute Gasteiger partial charge is 0.455 e. The van der Waals surface area contributed by atoms with Crippen molar-refractivity contribution < 1.29 is 4.74 Å². The molecule has 0 spiro atoms. The number of hydrogen-bond donors (Lipinski definition) is 1. The molecular weight excluding hydrogens is 280 g/mol. The highest BCUT2D eigenvalue weighted by Crippen LogP contribution is 2.27. The van der Waals surface area contributed by atoms with E-state index < -0.39 is 0 Å². The van der Waals surface area contributed by atoms with E-state index in [-0.39, 0.29) is 0 Å². The number of aromatic nitrogens is 1. The molecule has 0 aliphatic rings. The first-order chi connectivity index (χ1) is 8.19. The lowest BCUT2D eigenvalue weighted by Gasteiger charge is -2.09. The molecule has 0 atom stereocenters. The third-order valence-corrected chi connectivity index (χ3v) is 2.88. The second kappa shape index (κ2) is 5.29. The fraction of sp³-hybridized carbons (Fsp3) is 0.154. The summed E-state index contributed by atoms with van der Waals surface area (Å²) >= 11 is 3.42. The SMILES string of the molecule is Cc1ccc(Br)cc1Oc1ccc(CN)nc1. The van der Waals surface area contributed by atoms with Gasteiger partial charge < -0.3 is 10.5 Å². The van der Waals surface area contributed by atoms with Crippen molar-refractivity contribution in [2.45, 2.75) is 13.5 Å². The molecule has 0 saturated heterocycles. The summed E-state index contributed by atoms with van der Waals surface area (Å²) in [6.07, 6.45) is 1.68. The van der Waals surface area contributed by atoms with Gasteiger partial charge in [-0.15, -0.1) is 0 Å². The Morgan fingerprint density at radius 1 is 1.29 bits per heavy atom. The zero-order valence-corrected chi connectivity index (χ0v) is 11.1. The second-order valence-corrected chi connectivity index (χ2v) is 4.62. The standard InChI is InChI=1S/C13H13BrN2O/c1-9-2-3-10(14)6-13(9)17-12-5-4-11(7-15)16-8-12/h2-6,8H,7,15H2,1H3. The zero-order valence-electron chi connectivity index (χ0n) is 9.48. The minimum atomic E-state index is 0.441. The molecule has 17 heavy (non-hydrogen) atoms. The number of rotatable bonds is 3. The van der Waals surface area contributed by atoms with Crippen LogP contribution in [0.1, 0.15) is 11.3 Å². The monoisotopic (exact) mass is 292 g/mol. The number of pyridine rings is 1. The normalized spacial score (nSPS) is 10.3. The average Bonchev–Trinajstić information content (AvgIpc) is 2.35. The fourth-order valence-electron chi connectivity index (χ4n) is 1.40. The predicted molar refractivity (Wildman–Crippen MR) is 71.1 cm³/mol. The first-order valence-electron chi connectivity index (χ1n) is 5.28. The summed E-state index contributed by atoms with van der Waals surface area (Å²) in [5, 5.41) is 0. The summed E-state index contributed by atoms with van der Waals surface area (Å²) in [7, 11) is 0. The minimum Gasteiger partial charge on any atom is -0.455 e. The van der Waals surface area contributed by atoms with Crippen molar-refractivity contribution in [2.75, 3.05) is 0 Å². The van der Waals surface area contributed by atoms with Crippen molar-refractivity contribution >= 4 is 15.9 Å². The van der Waals surface area contributed by atoms with Gasteiger partial charge in [-0.2, -0.15) is 0 Å². The van der Waals surface area contributed by atoms with Gasteiger partial charge in [0, 0.05) is 11.0 Å². The van der Waals surface area contributed by atoms with Crippen LogP contribution in [0.5, 0.6) is 11.5 Å². The molecule has 1 heterocycles. The maximum Gasteiger partial charge on any atom is 0.145 e. The van der Waals surface area contributed by atoms with Crippen LogP contribution in [0, 0.1) is 6.92 Å². The molecule has 3 nitrogen and oxygen atoms in total. The quantitative estimate of drug-likeness (QED) is 0.943. The Kier molecular flexibility index (Phi) is 3.76. The third-order valence-electron chi connectivity index (χ3n) is 2.38. The summed E-state index contributed by atoms with van der Waals surface area (Å²) in [5.74, 6) is 1.53. The summed E-state index contributed by atoms with van der Waals surface area (Å²) in [6, 6.07) is 9.66. The van der Waals surface area contributed by atoms with Crippen LogP contribution in [-0.4, -0.2) is 4.98 Å². The Morgan fingerprint density at radius 2 is 2.12 bits per heavy atom. The van der Waals surface area contributed by atoms with Gasteiger partial charge in [-0.1, -0.05) is 22.0 Å². The molecule has 1 aromatic carbocycles. The fourth-order valence-corrected chi connectivity index (χ4v) is 1.74. The lowest BCUT2D eigenvalue weighted by molar-refractivity contribution is 0.475. The molecule has 2 N–H and O–H groups in total. The van der Waals surface area contributed by atoms with Gasteiger partial charge >= 0.3 is 0 Å². The van der Waals surface area contributed by atoms with E-state index in [1.54, 1.807) is 6.20 Å². The number of aryl methyl sites for hydroxylation is 1. The number of ether oxygens (including phenoxy) is 1. The topological polar surface area (TPSA) is 48.1 Å². The van der Waals surface area contributed by atoms with Crippen LogP contribution < -0.4 is 10.5 Å². The molecule has 88 valence electrons. The molecule has 2 rings (SSSR count). The van der Waals surface area contributed by atoms with Gasteiger partial charge in [0.15, 0.2) is 0 Å². The highest BCUT2D eigenvalue weighted by molar-refractivity contribution is 9.10. The molecule has 0 saturated carbocycles. The zero-order chi connectivity index (χ0) is 12.3. The minimum absolute atomic E-state index is 0.441. The van der Waals surface area contributed by atoms with Crippen molar-refractivity contribution in [1.82, 2.24) is 4.98 Å². The Hall–Kier alpha value is -1.39. The molecule has 0 unspecified atom stereocenters. The lowest BCUT2D eigenvalue weighted by Crippen LogP contribution is -1.98. The Bertz CT molecular complexity index is 511. The molecule has 2 aromatic rings. The number of halogens is 1. The lowest BCUT2D eigenvalue weighted by atomic mass is 10.2. The van der Waals surface area contributed by atoms with Crippen LogP contribution in [0.2, 0.25) is 0 Å². The average molecular weight is 293 g/mol. The van der Waals surface area contributed by atoms with Gasteiger partial charge in [-0.3, -0.25) is 4.98 Å². The van der Waals surface area contributed by atoms with E-state index in [4.69, 9.17) is 10.5 Å². The van der Waals surface area contributed by atoms with E-state index in [1.807, 2.05) is 37.3 Å². The molecular formula is C13H13BrN2O. The van der Waals surface area contributed by atoms with Crippen molar-refractivity contribution in [3.05, 3.63) is 52.3 Å². The highest BCUT2D eigenvalue weighted by Gasteiger charge is 2.02. The van der Waals surface area contributed by atoms with E-state index in [0.29, 0.717) is 12.3 Å². The first kappa shape index (κ1) is 12.1. The molecule has 0 bridgehead atoms. The van der Waals surface area contributed by atoms with Crippen LogP contribution >= 0.6 is 15.9 Å². The van der Waals surface area contributed by atoms with Crippen LogP contribution in [0.4, 0.5) is 0 Å². The summed E-state index contributed by atoms with van der Waals surface area (Å²) in [4.78, 5) is 4.18. The van der Waals surface area contributed by atoms with E-state index in [0.717, 1.165) is 21.5 Å². The summed E-state index contributed by atoms with van der Waals surface area (Å²) in [6.45, 7) is 2.44. The third kappa shape index (κ3) is 3.05. The Balaban J connectivity index is 2.22. The van der Waals surface area contributed by atoms with Gasteiger partial charge in [0.1, 0.15) is 11.5 Å². The van der Waals surface area contributed by atoms with Crippen LogP contribution in [0.25, 0.3) is 0 Å². The Labute approximate surface area is 109 Å². The Morgan fingerprint density at radius 3 is 2.76 bits per heavy atom. The van der Waals surface area contributed by atoms with Crippen LogP contribution in [-0.2, 0) is 6.54 Å². The van der Waals surface area contributed by atoms with E-state index in [9.17, 15) is 0 Å². The molecule has 4 heteroatoms. The van der Waals surface area contributed by atoms with Crippen molar-refractivity contribution in [3.8, 4) is 11.5 Å². The van der Waals surface area contributed by atoms with Crippen molar-refractivity contribution in [1.29, 1.82) is 0 Å². The van der Waals surface area contributed by atoms with Gasteiger partial charge in [0.05, 0.1) is 11.9 Å². The van der Waals surface area contributed by atoms with Crippen LogP contribution in [0.15, 0.2) is 41.0 Å². The van der Waals surface area contributed by atoms with Gasteiger partial charge in [-0.05, 0) is 36.8 Å². The number of nitrogens with two attached hydrogens (primary N) is 1. The maximum atomic E-state index is 5.76. The van der Waals surface area contributed by atoms with Crippen molar-refractivity contribution in [2.24, 2.45) is 5.73 Å². The predicted octanol–water partition coefficient (Wildman–Crippen LogP) is 3.40. The van der Waals surface area contributed by atoms with Crippen LogP contribution in [0.3, 0.4) is 0 Å². The highest BCUT2D eigenvalue weighted by atomic mass is 79.9. The summed E-state index contributed by atoms with van der Waals surface area (Å²) in [5.41, 5.74) is 7.42. The molecule has 0 aliphatic carbocycles. The second-order valence-electron chi connectivity index (χ2n) is 3.70. The smallest absolute Gasteiger partial charge is 0.145 e. The van der Waals surface area contributed by atoms with Gasteiger partial charge in [-0.25, -0.2) is 0 Å². The van der Waals surface area contributed by atoms with E-state index >= 15 is 0 Å².